The van der Waals surface area contributed by atoms with Crippen LogP contribution in [0.4, 0.5) is 0 Å². The zero-order valence-electron chi connectivity index (χ0n) is 14.7. The average Bonchev–Trinajstić information content (AvgIpc) is 2.64. The van der Waals surface area contributed by atoms with E-state index >= 15 is 0 Å². The summed E-state index contributed by atoms with van der Waals surface area (Å²) in [6.07, 6.45) is 0. The predicted molar refractivity (Wildman–Crippen MR) is 93.7 cm³/mol. The van der Waals surface area contributed by atoms with Gasteiger partial charge in [0.25, 0.3) is 5.91 Å². The van der Waals surface area contributed by atoms with Crippen LogP contribution in [0.2, 0.25) is 5.02 Å². The van der Waals surface area contributed by atoms with Crippen molar-refractivity contribution < 1.29 is 28.6 Å². The van der Waals surface area contributed by atoms with Gasteiger partial charge in [-0.3, -0.25) is 9.59 Å². The van der Waals surface area contributed by atoms with Gasteiger partial charge in [-0.25, -0.2) is 4.79 Å². The Morgan fingerprint density at radius 2 is 1.96 bits per heavy atom. The highest BCUT2D eigenvalue weighted by atomic mass is 35.5. The third kappa shape index (κ3) is 5.01. The highest BCUT2D eigenvalue weighted by Crippen LogP contribution is 2.38. The molecule has 1 aromatic rings. The molecule has 142 valence electrons. The Morgan fingerprint density at radius 3 is 2.65 bits per heavy atom. The van der Waals surface area contributed by atoms with Crippen LogP contribution in [0.5, 0.6) is 11.5 Å². The fourth-order valence-corrected chi connectivity index (χ4v) is 2.60. The number of fused-ring (bicyclic) bond motifs is 1. The number of nitrogens with zero attached hydrogens (tertiary/aromatic N) is 1. The third-order valence-electron chi connectivity index (χ3n) is 3.60. The number of amides is 2. The normalized spacial score (nSPS) is 12.3. The minimum absolute atomic E-state index is 0.0867. The van der Waals surface area contributed by atoms with Gasteiger partial charge in [0.1, 0.15) is 13.2 Å². The van der Waals surface area contributed by atoms with Crippen LogP contribution in [0.25, 0.3) is 0 Å². The number of benzene rings is 1. The average molecular weight is 385 g/mol. The van der Waals surface area contributed by atoms with Crippen LogP contribution in [-0.4, -0.2) is 62.1 Å². The van der Waals surface area contributed by atoms with Crippen molar-refractivity contribution in [2.75, 3.05) is 39.5 Å². The third-order valence-corrected chi connectivity index (χ3v) is 3.88. The van der Waals surface area contributed by atoms with Crippen molar-refractivity contribution >= 4 is 29.4 Å². The van der Waals surface area contributed by atoms with Gasteiger partial charge in [0.05, 0.1) is 17.1 Å². The number of nitrogens with one attached hydrogen (secondary N) is 1. The smallest absolute Gasteiger partial charge is 0.338 e. The Morgan fingerprint density at radius 1 is 1.23 bits per heavy atom. The molecule has 2 rings (SSSR count). The quantitative estimate of drug-likeness (QED) is 0.711. The molecule has 1 aliphatic rings. The number of likely N-dealkylation sites (N-methyl/N-ethyl adjacent to an activating group) is 2. The van der Waals surface area contributed by atoms with Gasteiger partial charge in [-0.2, -0.15) is 0 Å². The van der Waals surface area contributed by atoms with Gasteiger partial charge in [0, 0.05) is 13.1 Å². The van der Waals surface area contributed by atoms with E-state index in [4.69, 9.17) is 25.8 Å². The van der Waals surface area contributed by atoms with Gasteiger partial charge in [0.15, 0.2) is 18.1 Å². The summed E-state index contributed by atoms with van der Waals surface area (Å²) in [6.45, 7) is 4.49. The first-order valence-corrected chi connectivity index (χ1v) is 8.64. The van der Waals surface area contributed by atoms with Crippen LogP contribution in [-0.2, 0) is 14.3 Å². The molecular weight excluding hydrogens is 364 g/mol. The Kier molecular flexibility index (Phi) is 7.08. The Bertz CT molecular complexity index is 694. The molecule has 0 aromatic heterocycles. The molecule has 0 atom stereocenters. The first-order valence-electron chi connectivity index (χ1n) is 8.27. The lowest BCUT2D eigenvalue weighted by Crippen LogP contribution is -2.42. The monoisotopic (exact) mass is 384 g/mol. The van der Waals surface area contributed by atoms with Crippen LogP contribution >= 0.6 is 11.6 Å². The molecule has 0 saturated carbocycles. The second-order valence-corrected chi connectivity index (χ2v) is 5.83. The van der Waals surface area contributed by atoms with Crippen LogP contribution in [0.3, 0.4) is 0 Å². The van der Waals surface area contributed by atoms with Gasteiger partial charge in [-0.05, 0) is 26.0 Å². The molecule has 1 heterocycles. The minimum Gasteiger partial charge on any atom is -0.486 e. The second kappa shape index (κ2) is 9.28. The molecule has 1 aliphatic heterocycles. The highest BCUT2D eigenvalue weighted by molar-refractivity contribution is 6.32. The molecule has 0 radical (unpaired) electrons. The van der Waals surface area contributed by atoms with Crippen LogP contribution in [0, 0.1) is 0 Å². The van der Waals surface area contributed by atoms with Crippen LogP contribution in [0.15, 0.2) is 12.1 Å². The maximum atomic E-state index is 12.2. The molecule has 2 amide bonds. The molecule has 0 aliphatic carbocycles. The van der Waals surface area contributed by atoms with Crippen molar-refractivity contribution in [3.63, 3.8) is 0 Å². The van der Waals surface area contributed by atoms with E-state index in [1.165, 1.54) is 17.0 Å². The lowest BCUT2D eigenvalue weighted by atomic mass is 10.2. The van der Waals surface area contributed by atoms with Crippen molar-refractivity contribution in [2.45, 2.75) is 13.8 Å². The van der Waals surface area contributed by atoms with E-state index in [2.05, 4.69) is 5.32 Å². The van der Waals surface area contributed by atoms with Gasteiger partial charge in [0.2, 0.25) is 5.91 Å². The van der Waals surface area contributed by atoms with Crippen LogP contribution in [0.1, 0.15) is 24.2 Å². The SMILES string of the molecule is CCNC(=O)CN(CC)C(=O)COC(=O)c1cc(Cl)c2c(c1)OCCO2. The summed E-state index contributed by atoms with van der Waals surface area (Å²) >= 11 is 6.08. The summed E-state index contributed by atoms with van der Waals surface area (Å²) in [5, 5.41) is 2.84. The summed E-state index contributed by atoms with van der Waals surface area (Å²) in [4.78, 5) is 37.2. The number of hydrogen-bond acceptors (Lipinski definition) is 6. The summed E-state index contributed by atoms with van der Waals surface area (Å²) in [6, 6.07) is 2.85. The van der Waals surface area contributed by atoms with Crippen LogP contribution < -0.4 is 14.8 Å². The summed E-state index contributed by atoms with van der Waals surface area (Å²) in [7, 11) is 0. The molecule has 0 saturated heterocycles. The van der Waals surface area contributed by atoms with Gasteiger partial charge < -0.3 is 24.4 Å². The Hall–Kier alpha value is -2.48. The number of carbonyl (C=O) groups excluding carboxylic acids is 3. The van der Waals surface area contributed by atoms with Gasteiger partial charge in [-0.15, -0.1) is 0 Å². The van der Waals surface area contributed by atoms with Crippen molar-refractivity contribution in [3.8, 4) is 11.5 Å². The number of hydrogen-bond donors (Lipinski definition) is 1. The fraction of sp³-hybridized carbons (Fsp3) is 0.471. The molecule has 0 bridgehead atoms. The van der Waals surface area contributed by atoms with E-state index in [1.807, 2.05) is 0 Å². The molecule has 26 heavy (non-hydrogen) atoms. The largest absolute Gasteiger partial charge is 0.486 e. The van der Waals surface area contributed by atoms with Crippen molar-refractivity contribution in [1.29, 1.82) is 0 Å². The van der Waals surface area contributed by atoms with Crippen molar-refractivity contribution in [1.82, 2.24) is 10.2 Å². The predicted octanol–water partition coefficient (Wildman–Crippen LogP) is 1.25. The Balaban J connectivity index is 1.96. The highest BCUT2D eigenvalue weighted by Gasteiger charge is 2.22. The van der Waals surface area contributed by atoms with Crippen molar-refractivity contribution in [3.05, 3.63) is 22.7 Å². The minimum atomic E-state index is -0.716. The van der Waals surface area contributed by atoms with Gasteiger partial charge in [-0.1, -0.05) is 11.6 Å². The molecule has 8 nitrogen and oxygen atoms in total. The zero-order valence-corrected chi connectivity index (χ0v) is 15.4. The Labute approximate surface area is 156 Å². The first kappa shape index (κ1) is 19.8. The molecule has 0 unspecified atom stereocenters. The molecule has 0 fully saturated rings. The standard InChI is InChI=1S/C17H21ClN2O6/c1-3-19-14(21)9-20(4-2)15(22)10-26-17(23)11-7-12(18)16-13(8-11)24-5-6-25-16/h7-8H,3-6,9-10H2,1-2H3,(H,19,21). The summed E-state index contributed by atoms with van der Waals surface area (Å²) < 4.78 is 15.8. The van der Waals surface area contributed by atoms with E-state index in [0.29, 0.717) is 37.8 Å². The summed E-state index contributed by atoms with van der Waals surface area (Å²) in [5.41, 5.74) is 0.152. The maximum absolute atomic E-state index is 12.2. The lowest BCUT2D eigenvalue weighted by molar-refractivity contribution is -0.138. The summed E-state index contributed by atoms with van der Waals surface area (Å²) in [5.74, 6) is -0.715. The number of carbonyl (C=O) groups is 3. The van der Waals surface area contributed by atoms with E-state index in [0.717, 1.165) is 0 Å². The molecule has 9 heteroatoms. The van der Waals surface area contributed by atoms with Crippen molar-refractivity contribution in [2.24, 2.45) is 0 Å². The zero-order chi connectivity index (χ0) is 19.1. The molecule has 1 aromatic carbocycles. The number of esters is 1. The molecule has 1 N–H and O–H groups in total. The molecule has 0 spiro atoms. The number of ether oxygens (including phenoxy) is 3. The first-order chi connectivity index (χ1) is 12.5. The lowest BCUT2D eigenvalue weighted by Gasteiger charge is -2.21. The van der Waals surface area contributed by atoms with E-state index in [9.17, 15) is 14.4 Å². The van der Waals surface area contributed by atoms with E-state index < -0.39 is 18.5 Å². The van der Waals surface area contributed by atoms with E-state index in [-0.39, 0.29) is 23.0 Å². The van der Waals surface area contributed by atoms with Gasteiger partial charge >= 0.3 is 5.97 Å². The topological polar surface area (TPSA) is 94.2 Å². The number of rotatable bonds is 7. The second-order valence-electron chi connectivity index (χ2n) is 5.42. The maximum Gasteiger partial charge on any atom is 0.338 e. The fourth-order valence-electron chi connectivity index (χ4n) is 2.33. The number of halogens is 1. The van der Waals surface area contributed by atoms with E-state index in [1.54, 1.807) is 13.8 Å². The molecular formula is C17H21ClN2O6.